The van der Waals surface area contributed by atoms with Crippen molar-refractivity contribution in [3.05, 3.63) is 47.7 Å². The van der Waals surface area contributed by atoms with E-state index in [0.717, 1.165) is 18.3 Å². The number of rotatable bonds is 5. The van der Waals surface area contributed by atoms with Gasteiger partial charge in [0.1, 0.15) is 6.10 Å². The maximum Gasteiger partial charge on any atom is 0.416 e. The normalized spacial score (nSPS) is 17.7. The van der Waals surface area contributed by atoms with E-state index in [0.29, 0.717) is 17.7 Å². The summed E-state index contributed by atoms with van der Waals surface area (Å²) in [5, 5.41) is 2.59. The van der Waals surface area contributed by atoms with E-state index < -0.39 is 27.9 Å². The standard InChI is InChI=1S/C19H20F3N3O4S/c1-12-9-15(24-13(2)26)3-4-17(12)30(27,28)25-8-6-16(11-25)29-18-10-14(5-7-23-18)19(20,21)22/h3-5,7,9-10,16H,6,8,11H2,1-2H3,(H,24,26). The molecule has 7 nitrogen and oxygen atoms in total. The number of alkyl halides is 3. The van der Waals surface area contributed by atoms with E-state index in [4.69, 9.17) is 4.74 Å². The highest BCUT2D eigenvalue weighted by Gasteiger charge is 2.35. The Morgan fingerprint density at radius 2 is 2.00 bits per heavy atom. The lowest BCUT2D eigenvalue weighted by Gasteiger charge is -2.19. The number of halogens is 3. The van der Waals surface area contributed by atoms with Gasteiger partial charge in [-0.05, 0) is 43.2 Å². The molecule has 0 saturated carbocycles. The van der Waals surface area contributed by atoms with Crippen LogP contribution in [0.5, 0.6) is 5.88 Å². The molecule has 30 heavy (non-hydrogen) atoms. The van der Waals surface area contributed by atoms with E-state index in [9.17, 15) is 26.4 Å². The lowest BCUT2D eigenvalue weighted by atomic mass is 10.2. The Morgan fingerprint density at radius 1 is 1.27 bits per heavy atom. The lowest BCUT2D eigenvalue weighted by molar-refractivity contribution is -0.137. The van der Waals surface area contributed by atoms with Gasteiger partial charge in [-0.15, -0.1) is 0 Å². The molecule has 2 heterocycles. The molecule has 1 aromatic carbocycles. The first-order chi connectivity index (χ1) is 14.0. The Bertz CT molecular complexity index is 1060. The van der Waals surface area contributed by atoms with Gasteiger partial charge in [0.05, 0.1) is 17.0 Å². The lowest BCUT2D eigenvalue weighted by Crippen LogP contribution is -2.31. The van der Waals surface area contributed by atoms with Gasteiger partial charge in [0, 0.05) is 31.4 Å². The Morgan fingerprint density at radius 3 is 2.63 bits per heavy atom. The number of amides is 1. The van der Waals surface area contributed by atoms with Gasteiger partial charge in [0.2, 0.25) is 21.8 Å². The molecule has 1 aromatic heterocycles. The number of nitrogens with one attached hydrogen (secondary N) is 1. The molecule has 1 saturated heterocycles. The third-order valence-corrected chi connectivity index (χ3v) is 6.60. The number of anilines is 1. The van der Waals surface area contributed by atoms with E-state index in [2.05, 4.69) is 10.3 Å². The summed E-state index contributed by atoms with van der Waals surface area (Å²) in [6, 6.07) is 6.11. The molecule has 3 rings (SSSR count). The summed E-state index contributed by atoms with van der Waals surface area (Å²) in [5.74, 6) is -0.474. The molecular formula is C19H20F3N3O4S. The highest BCUT2D eigenvalue weighted by atomic mass is 32.2. The van der Waals surface area contributed by atoms with Gasteiger partial charge in [0.25, 0.3) is 0 Å². The van der Waals surface area contributed by atoms with Crippen molar-refractivity contribution in [3.8, 4) is 5.88 Å². The van der Waals surface area contributed by atoms with Crippen molar-refractivity contribution in [1.29, 1.82) is 0 Å². The number of aryl methyl sites for hydroxylation is 1. The Kier molecular flexibility index (Phi) is 6.04. The minimum absolute atomic E-state index is 0.00680. The second kappa shape index (κ2) is 8.23. The van der Waals surface area contributed by atoms with Crippen LogP contribution in [0.25, 0.3) is 0 Å². The Labute approximate surface area is 171 Å². The maximum absolute atomic E-state index is 13.0. The highest BCUT2D eigenvalue weighted by molar-refractivity contribution is 7.89. The van der Waals surface area contributed by atoms with E-state index in [1.165, 1.54) is 23.4 Å². The first kappa shape index (κ1) is 22.0. The van der Waals surface area contributed by atoms with Crippen molar-refractivity contribution >= 4 is 21.6 Å². The van der Waals surface area contributed by atoms with Crippen LogP contribution in [0.4, 0.5) is 18.9 Å². The summed E-state index contributed by atoms with van der Waals surface area (Å²) in [6.07, 6.45) is -3.82. The van der Waals surface area contributed by atoms with Crippen molar-refractivity contribution in [3.63, 3.8) is 0 Å². The first-order valence-electron chi connectivity index (χ1n) is 9.05. The minimum Gasteiger partial charge on any atom is -0.473 e. The van der Waals surface area contributed by atoms with Gasteiger partial charge in [-0.2, -0.15) is 17.5 Å². The average molecular weight is 443 g/mol. The molecule has 11 heteroatoms. The zero-order valence-corrected chi connectivity index (χ0v) is 17.0. The van der Waals surface area contributed by atoms with Crippen LogP contribution in [0, 0.1) is 6.92 Å². The average Bonchev–Trinajstić information content (AvgIpc) is 3.10. The van der Waals surface area contributed by atoms with Gasteiger partial charge in [-0.1, -0.05) is 0 Å². The third kappa shape index (κ3) is 4.90. The van der Waals surface area contributed by atoms with Crippen LogP contribution in [0.3, 0.4) is 0 Å². The molecule has 0 radical (unpaired) electrons. The van der Waals surface area contributed by atoms with Gasteiger partial charge in [0.15, 0.2) is 0 Å². The molecule has 1 aliphatic rings. The number of nitrogens with zero attached hydrogens (tertiary/aromatic N) is 2. The molecule has 1 atom stereocenters. The molecule has 162 valence electrons. The number of carbonyl (C=O) groups is 1. The maximum atomic E-state index is 13.0. The number of hydrogen-bond acceptors (Lipinski definition) is 5. The minimum atomic E-state index is -4.52. The molecule has 0 aliphatic carbocycles. The van der Waals surface area contributed by atoms with E-state index >= 15 is 0 Å². The topological polar surface area (TPSA) is 88.6 Å². The molecule has 1 fully saturated rings. The number of sulfonamides is 1. The quantitative estimate of drug-likeness (QED) is 0.767. The Hall–Kier alpha value is -2.66. The summed E-state index contributed by atoms with van der Waals surface area (Å²) in [5.41, 5.74) is 0.0622. The fraction of sp³-hybridized carbons (Fsp3) is 0.368. The number of aromatic nitrogens is 1. The van der Waals surface area contributed by atoms with Crippen molar-refractivity contribution in [2.45, 2.75) is 37.4 Å². The fourth-order valence-electron chi connectivity index (χ4n) is 3.19. The van der Waals surface area contributed by atoms with Crippen molar-refractivity contribution in [2.24, 2.45) is 0 Å². The van der Waals surface area contributed by atoms with Crippen LogP contribution in [-0.4, -0.2) is 42.8 Å². The molecule has 1 N–H and O–H groups in total. The molecule has 1 amide bonds. The van der Waals surface area contributed by atoms with Crippen molar-refractivity contribution in [1.82, 2.24) is 9.29 Å². The van der Waals surface area contributed by atoms with Crippen LogP contribution >= 0.6 is 0 Å². The van der Waals surface area contributed by atoms with Gasteiger partial charge >= 0.3 is 6.18 Å². The summed E-state index contributed by atoms with van der Waals surface area (Å²) < 4.78 is 71.2. The first-order valence-corrected chi connectivity index (χ1v) is 10.5. The largest absolute Gasteiger partial charge is 0.473 e. The number of hydrogen-bond donors (Lipinski definition) is 1. The zero-order valence-electron chi connectivity index (χ0n) is 16.2. The number of benzene rings is 1. The predicted octanol–water partition coefficient (Wildman–Crippen LogP) is 3.21. The fourth-order valence-corrected chi connectivity index (χ4v) is 4.88. The number of ether oxygens (including phenoxy) is 1. The second-order valence-corrected chi connectivity index (χ2v) is 8.84. The monoisotopic (exact) mass is 443 g/mol. The summed E-state index contributed by atoms with van der Waals surface area (Å²) >= 11 is 0. The van der Waals surface area contributed by atoms with E-state index in [1.807, 2.05) is 0 Å². The highest BCUT2D eigenvalue weighted by Crippen LogP contribution is 2.31. The SMILES string of the molecule is CC(=O)Nc1ccc(S(=O)(=O)N2CCC(Oc3cc(C(F)(F)F)ccn3)C2)c(C)c1. The summed E-state index contributed by atoms with van der Waals surface area (Å²) in [6.45, 7) is 3.13. The van der Waals surface area contributed by atoms with E-state index in [-0.39, 0.29) is 29.8 Å². The smallest absolute Gasteiger partial charge is 0.416 e. The molecule has 2 aromatic rings. The summed E-state index contributed by atoms with van der Waals surface area (Å²) in [4.78, 5) is 15.0. The van der Waals surface area contributed by atoms with Crippen molar-refractivity contribution < 1.29 is 31.1 Å². The Balaban J connectivity index is 1.72. The van der Waals surface area contributed by atoms with E-state index in [1.54, 1.807) is 13.0 Å². The summed E-state index contributed by atoms with van der Waals surface area (Å²) in [7, 11) is -3.83. The van der Waals surface area contributed by atoms with Gasteiger partial charge in [-0.3, -0.25) is 4.79 Å². The van der Waals surface area contributed by atoms with Gasteiger partial charge in [-0.25, -0.2) is 13.4 Å². The van der Waals surface area contributed by atoms with Crippen LogP contribution in [0.2, 0.25) is 0 Å². The van der Waals surface area contributed by atoms with Crippen LogP contribution in [0.15, 0.2) is 41.4 Å². The van der Waals surface area contributed by atoms with Crippen molar-refractivity contribution in [2.75, 3.05) is 18.4 Å². The predicted molar refractivity (Wildman–Crippen MR) is 103 cm³/mol. The number of carbonyl (C=O) groups excluding carboxylic acids is 1. The van der Waals surface area contributed by atoms with Gasteiger partial charge < -0.3 is 10.1 Å². The number of pyridine rings is 1. The molecule has 0 bridgehead atoms. The third-order valence-electron chi connectivity index (χ3n) is 4.57. The van der Waals surface area contributed by atoms with Crippen LogP contribution < -0.4 is 10.1 Å². The zero-order chi connectivity index (χ0) is 22.1. The van der Waals surface area contributed by atoms with Crippen LogP contribution in [-0.2, 0) is 21.0 Å². The molecule has 1 unspecified atom stereocenters. The molecular weight excluding hydrogens is 423 g/mol. The molecule has 1 aliphatic heterocycles. The molecule has 0 spiro atoms. The van der Waals surface area contributed by atoms with Crippen LogP contribution in [0.1, 0.15) is 24.5 Å². The second-order valence-electron chi connectivity index (χ2n) is 6.93.